The molecule has 2 rings (SSSR count). The molecule has 1 aliphatic carbocycles. The fraction of sp³-hybridized carbons (Fsp3) is 0.714. The van der Waals surface area contributed by atoms with E-state index in [1.807, 2.05) is 27.0 Å². The number of nitrogens with one attached hydrogen (secondary N) is 2. The highest BCUT2D eigenvalue weighted by atomic mass is 16.3. The van der Waals surface area contributed by atoms with E-state index in [1.54, 1.807) is 13.8 Å². The Bertz CT molecular complexity index is 461. The standard InChI is InChI=1S/C14H24N4O/c1-13(2,14(3,4)19)18-11-8-10(15-5)16-12(17-11)9-6-7-9/h8-9,19H,6-7H2,1-5H3,(H2,15,16,17,18). The quantitative estimate of drug-likeness (QED) is 0.761. The van der Waals surface area contributed by atoms with Crippen LogP contribution in [0.15, 0.2) is 6.07 Å². The van der Waals surface area contributed by atoms with Gasteiger partial charge in [0.25, 0.3) is 0 Å². The molecule has 1 saturated carbocycles. The SMILES string of the molecule is CNc1cc(NC(C)(C)C(C)(C)O)nc(C2CC2)n1. The Kier molecular flexibility index (Phi) is 3.43. The van der Waals surface area contributed by atoms with Gasteiger partial charge in [-0.3, -0.25) is 0 Å². The van der Waals surface area contributed by atoms with Crippen LogP contribution < -0.4 is 10.6 Å². The van der Waals surface area contributed by atoms with E-state index in [9.17, 15) is 5.11 Å². The zero-order valence-electron chi connectivity index (χ0n) is 12.4. The first-order chi connectivity index (χ1) is 8.73. The van der Waals surface area contributed by atoms with Gasteiger partial charge in [-0.1, -0.05) is 0 Å². The Hall–Kier alpha value is -1.36. The van der Waals surface area contributed by atoms with E-state index < -0.39 is 11.1 Å². The summed E-state index contributed by atoms with van der Waals surface area (Å²) in [4.78, 5) is 9.05. The minimum absolute atomic E-state index is 0.479. The molecule has 0 aliphatic heterocycles. The molecule has 1 aliphatic rings. The first-order valence-corrected chi connectivity index (χ1v) is 6.80. The predicted octanol–water partition coefficient (Wildman–Crippen LogP) is 2.36. The van der Waals surface area contributed by atoms with Crippen molar-refractivity contribution in [2.24, 2.45) is 0 Å². The number of hydrogen-bond donors (Lipinski definition) is 3. The minimum Gasteiger partial charge on any atom is -0.388 e. The molecule has 3 N–H and O–H groups in total. The zero-order chi connectivity index (χ0) is 14.3. The van der Waals surface area contributed by atoms with Crippen molar-refractivity contribution in [2.45, 2.75) is 57.6 Å². The molecule has 0 atom stereocenters. The Labute approximate surface area is 114 Å². The number of aliphatic hydroxyl groups is 1. The topological polar surface area (TPSA) is 70.1 Å². The van der Waals surface area contributed by atoms with Gasteiger partial charge < -0.3 is 15.7 Å². The van der Waals surface area contributed by atoms with E-state index in [0.29, 0.717) is 5.92 Å². The third-order valence-corrected chi connectivity index (χ3v) is 3.91. The molecule has 0 saturated heterocycles. The molecular formula is C14H24N4O. The summed E-state index contributed by atoms with van der Waals surface area (Å²) in [6, 6.07) is 1.87. The molecule has 0 aromatic carbocycles. The van der Waals surface area contributed by atoms with E-state index in [2.05, 4.69) is 20.6 Å². The zero-order valence-corrected chi connectivity index (χ0v) is 12.4. The van der Waals surface area contributed by atoms with Crippen LogP contribution in [0, 0.1) is 0 Å². The highest BCUT2D eigenvalue weighted by Gasteiger charge is 2.36. The Morgan fingerprint density at radius 2 is 1.74 bits per heavy atom. The van der Waals surface area contributed by atoms with Gasteiger partial charge in [0.05, 0.1) is 11.1 Å². The molecule has 19 heavy (non-hydrogen) atoms. The van der Waals surface area contributed by atoms with Crippen LogP contribution in [0.4, 0.5) is 11.6 Å². The number of anilines is 2. The number of hydrogen-bond acceptors (Lipinski definition) is 5. The second kappa shape index (κ2) is 4.63. The largest absolute Gasteiger partial charge is 0.388 e. The molecule has 1 aromatic rings. The summed E-state index contributed by atoms with van der Waals surface area (Å²) < 4.78 is 0. The number of nitrogens with zero attached hydrogens (tertiary/aromatic N) is 2. The summed E-state index contributed by atoms with van der Waals surface area (Å²) >= 11 is 0. The average Bonchev–Trinajstić information content (AvgIpc) is 3.10. The average molecular weight is 264 g/mol. The maximum absolute atomic E-state index is 10.2. The number of rotatable bonds is 5. The van der Waals surface area contributed by atoms with Crippen molar-refractivity contribution in [2.75, 3.05) is 17.7 Å². The summed E-state index contributed by atoms with van der Waals surface area (Å²) in [6.45, 7) is 7.51. The van der Waals surface area contributed by atoms with E-state index in [4.69, 9.17) is 0 Å². The van der Waals surface area contributed by atoms with Crippen LogP contribution in [-0.2, 0) is 0 Å². The normalized spacial score (nSPS) is 16.3. The minimum atomic E-state index is -0.850. The molecule has 0 amide bonds. The van der Waals surface area contributed by atoms with Crippen molar-refractivity contribution in [1.82, 2.24) is 9.97 Å². The molecule has 5 heteroatoms. The van der Waals surface area contributed by atoms with Gasteiger partial charge in [0.1, 0.15) is 17.5 Å². The molecule has 0 unspecified atom stereocenters. The van der Waals surface area contributed by atoms with E-state index in [-0.39, 0.29) is 0 Å². The van der Waals surface area contributed by atoms with Crippen LogP contribution in [0.5, 0.6) is 0 Å². The van der Waals surface area contributed by atoms with Gasteiger partial charge in [0, 0.05) is 19.0 Å². The number of aromatic nitrogens is 2. The maximum atomic E-state index is 10.2. The lowest BCUT2D eigenvalue weighted by Gasteiger charge is -2.38. The highest BCUT2D eigenvalue weighted by molar-refractivity contribution is 5.49. The molecular weight excluding hydrogens is 240 g/mol. The maximum Gasteiger partial charge on any atom is 0.136 e. The molecule has 1 aromatic heterocycles. The molecule has 1 heterocycles. The van der Waals surface area contributed by atoms with Gasteiger partial charge in [0.2, 0.25) is 0 Å². The fourth-order valence-electron chi connectivity index (χ4n) is 1.66. The van der Waals surface area contributed by atoms with Crippen LogP contribution in [0.3, 0.4) is 0 Å². The molecule has 1 fully saturated rings. The van der Waals surface area contributed by atoms with E-state index in [1.165, 1.54) is 12.8 Å². The summed E-state index contributed by atoms with van der Waals surface area (Å²) in [5.74, 6) is 2.96. The van der Waals surface area contributed by atoms with Crippen molar-refractivity contribution >= 4 is 11.6 Å². The van der Waals surface area contributed by atoms with Crippen LogP contribution >= 0.6 is 0 Å². The third kappa shape index (κ3) is 3.15. The molecule has 106 valence electrons. The summed E-state index contributed by atoms with van der Waals surface area (Å²) in [7, 11) is 1.85. The second-order valence-electron chi connectivity index (χ2n) is 6.33. The van der Waals surface area contributed by atoms with Gasteiger partial charge in [-0.2, -0.15) is 0 Å². The first-order valence-electron chi connectivity index (χ1n) is 6.80. The predicted molar refractivity (Wildman–Crippen MR) is 77.6 cm³/mol. The van der Waals surface area contributed by atoms with Gasteiger partial charge in [-0.25, -0.2) is 9.97 Å². The van der Waals surface area contributed by atoms with Crippen molar-refractivity contribution < 1.29 is 5.11 Å². The Morgan fingerprint density at radius 1 is 1.16 bits per heavy atom. The fourth-order valence-corrected chi connectivity index (χ4v) is 1.66. The molecule has 0 radical (unpaired) electrons. The van der Waals surface area contributed by atoms with Crippen molar-refractivity contribution in [3.63, 3.8) is 0 Å². The molecule has 0 bridgehead atoms. The Balaban J connectivity index is 2.26. The monoisotopic (exact) mass is 264 g/mol. The van der Waals surface area contributed by atoms with Crippen LogP contribution in [0.1, 0.15) is 52.3 Å². The Morgan fingerprint density at radius 3 is 2.21 bits per heavy atom. The highest BCUT2D eigenvalue weighted by Crippen LogP contribution is 2.39. The third-order valence-electron chi connectivity index (χ3n) is 3.91. The van der Waals surface area contributed by atoms with E-state index in [0.717, 1.165) is 17.5 Å². The van der Waals surface area contributed by atoms with Crippen LogP contribution in [-0.4, -0.2) is 33.3 Å². The summed E-state index contributed by atoms with van der Waals surface area (Å²) in [6.07, 6.45) is 2.34. The van der Waals surface area contributed by atoms with Crippen molar-refractivity contribution in [3.05, 3.63) is 11.9 Å². The smallest absolute Gasteiger partial charge is 0.136 e. The lowest BCUT2D eigenvalue weighted by atomic mass is 9.86. The van der Waals surface area contributed by atoms with Gasteiger partial charge >= 0.3 is 0 Å². The van der Waals surface area contributed by atoms with Gasteiger partial charge in [0.15, 0.2) is 0 Å². The molecule has 0 spiro atoms. The van der Waals surface area contributed by atoms with Crippen LogP contribution in [0.25, 0.3) is 0 Å². The van der Waals surface area contributed by atoms with Crippen molar-refractivity contribution in [3.8, 4) is 0 Å². The lowest BCUT2D eigenvalue weighted by molar-refractivity contribution is 0.0238. The summed E-state index contributed by atoms with van der Waals surface area (Å²) in [5.41, 5.74) is -1.33. The lowest BCUT2D eigenvalue weighted by Crippen LogP contribution is -2.51. The van der Waals surface area contributed by atoms with Gasteiger partial charge in [-0.05, 0) is 40.5 Å². The summed E-state index contributed by atoms with van der Waals surface area (Å²) in [5, 5.41) is 16.6. The molecule has 5 nitrogen and oxygen atoms in total. The van der Waals surface area contributed by atoms with Gasteiger partial charge in [-0.15, -0.1) is 0 Å². The van der Waals surface area contributed by atoms with Crippen LogP contribution in [0.2, 0.25) is 0 Å². The van der Waals surface area contributed by atoms with E-state index >= 15 is 0 Å². The first kappa shape index (κ1) is 14.1. The second-order valence-corrected chi connectivity index (χ2v) is 6.33. The van der Waals surface area contributed by atoms with Crippen molar-refractivity contribution in [1.29, 1.82) is 0 Å².